The number of carbonyl (C=O) groups is 3. The molecular weight excluding hydrogens is 453 g/mol. The van der Waals surface area contributed by atoms with Crippen molar-refractivity contribution in [3.05, 3.63) is 59.7 Å². The number of rotatable bonds is 7. The van der Waals surface area contributed by atoms with Gasteiger partial charge in [0, 0.05) is 5.92 Å². The summed E-state index contributed by atoms with van der Waals surface area (Å²) in [5.41, 5.74) is -0.851. The van der Waals surface area contributed by atoms with Gasteiger partial charge in [-0.15, -0.1) is 0 Å². The predicted octanol–water partition coefficient (Wildman–Crippen LogP) is 3.97. The zero-order valence-electron chi connectivity index (χ0n) is 18.2. The van der Waals surface area contributed by atoms with Gasteiger partial charge in [0.2, 0.25) is 5.54 Å². The second-order valence-electron chi connectivity index (χ2n) is 8.88. The molecule has 4 rings (SSSR count). The number of aliphatic carboxylic acids is 1. The Morgan fingerprint density at radius 2 is 1.56 bits per heavy atom. The van der Waals surface area contributed by atoms with Crippen LogP contribution in [0.1, 0.15) is 43.2 Å². The van der Waals surface area contributed by atoms with Crippen LogP contribution in [0, 0.1) is 0 Å². The van der Waals surface area contributed by atoms with Gasteiger partial charge in [0.25, 0.3) is 5.91 Å². The van der Waals surface area contributed by atoms with Crippen LogP contribution >= 0.6 is 0 Å². The van der Waals surface area contributed by atoms with Crippen molar-refractivity contribution in [2.75, 3.05) is 6.61 Å². The lowest BCUT2D eigenvalue weighted by molar-refractivity contribution is -0.194. The highest BCUT2D eigenvalue weighted by Crippen LogP contribution is 2.44. The van der Waals surface area contributed by atoms with Crippen molar-refractivity contribution in [3.8, 4) is 11.1 Å². The van der Waals surface area contributed by atoms with E-state index in [4.69, 9.17) is 9.84 Å². The molecule has 10 heteroatoms. The molecule has 34 heavy (non-hydrogen) atoms. The highest BCUT2D eigenvalue weighted by atomic mass is 19.4. The summed E-state index contributed by atoms with van der Waals surface area (Å²) in [7, 11) is 0. The van der Waals surface area contributed by atoms with Gasteiger partial charge < -0.3 is 15.2 Å². The summed E-state index contributed by atoms with van der Waals surface area (Å²) in [6, 6.07) is 15.0. The third kappa shape index (κ3) is 4.32. The first kappa shape index (κ1) is 23.6. The van der Waals surface area contributed by atoms with E-state index in [1.165, 1.54) is 0 Å². The number of fused-ring (bicyclic) bond motifs is 3. The Morgan fingerprint density at radius 1 is 1.03 bits per heavy atom. The molecule has 0 aliphatic heterocycles. The van der Waals surface area contributed by atoms with E-state index in [0.717, 1.165) is 22.3 Å². The maximum atomic E-state index is 13.9. The Kier molecular flexibility index (Phi) is 5.79. The lowest BCUT2D eigenvalue weighted by atomic mass is 9.98. The van der Waals surface area contributed by atoms with E-state index in [2.05, 4.69) is 5.32 Å². The monoisotopic (exact) mass is 476 g/mol. The topological polar surface area (TPSA) is 105 Å². The molecule has 0 heterocycles. The fourth-order valence-corrected chi connectivity index (χ4v) is 4.25. The Labute approximate surface area is 193 Å². The summed E-state index contributed by atoms with van der Waals surface area (Å²) in [5, 5.41) is 12.8. The first-order valence-electron chi connectivity index (χ1n) is 10.7. The van der Waals surface area contributed by atoms with Crippen molar-refractivity contribution in [2.45, 2.75) is 49.4 Å². The molecule has 0 spiro atoms. The van der Waals surface area contributed by atoms with E-state index >= 15 is 0 Å². The van der Waals surface area contributed by atoms with Crippen LogP contribution in [-0.4, -0.2) is 46.9 Å². The molecule has 2 aromatic rings. The van der Waals surface area contributed by atoms with Gasteiger partial charge in [-0.3, -0.25) is 14.9 Å². The van der Waals surface area contributed by atoms with Gasteiger partial charge in [-0.05, 0) is 42.0 Å². The first-order chi connectivity index (χ1) is 16.0. The molecule has 1 atom stereocenters. The fraction of sp³-hybridized carbons (Fsp3) is 0.375. The second kappa shape index (κ2) is 8.34. The highest BCUT2D eigenvalue weighted by Gasteiger charge is 2.60. The normalized spacial score (nSPS) is 17.6. The summed E-state index contributed by atoms with van der Waals surface area (Å²) in [6.07, 6.45) is -6.58. The van der Waals surface area contributed by atoms with Crippen LogP contribution in [0.25, 0.3) is 11.1 Å². The van der Waals surface area contributed by atoms with Crippen LogP contribution < -0.4 is 10.6 Å². The summed E-state index contributed by atoms with van der Waals surface area (Å²) < 4.78 is 46.8. The Bertz CT molecular complexity index is 1100. The van der Waals surface area contributed by atoms with Crippen LogP contribution in [-0.2, 0) is 14.3 Å². The number of nitrogens with one attached hydrogen (secondary N) is 2. The Hall–Kier alpha value is -3.56. The maximum absolute atomic E-state index is 13.9. The molecule has 180 valence electrons. The number of carboxylic acid groups (broad SMARTS) is 1. The third-order valence-electron chi connectivity index (χ3n) is 6.44. The number of alkyl halides is 3. The van der Waals surface area contributed by atoms with Crippen molar-refractivity contribution in [2.24, 2.45) is 0 Å². The summed E-state index contributed by atoms with van der Waals surface area (Å²) in [5.74, 6) is -3.14. The van der Waals surface area contributed by atoms with Crippen LogP contribution in [0.3, 0.4) is 0 Å². The SMILES string of the molecule is CC(NC(=O)OCC1c2ccccc2-c2ccccc21)(C(=O)NC1(CC(=O)O)CC1)C(F)(F)F. The highest BCUT2D eigenvalue weighted by molar-refractivity contribution is 5.91. The average Bonchev–Trinajstić information content (AvgIpc) is 3.43. The first-order valence-corrected chi connectivity index (χ1v) is 10.7. The average molecular weight is 476 g/mol. The number of carbonyl (C=O) groups excluding carboxylic acids is 2. The number of carboxylic acids is 1. The molecule has 0 bridgehead atoms. The minimum atomic E-state index is -5.15. The van der Waals surface area contributed by atoms with E-state index in [1.54, 1.807) is 5.32 Å². The number of amides is 2. The lowest BCUT2D eigenvalue weighted by Crippen LogP contribution is -2.66. The van der Waals surface area contributed by atoms with Gasteiger partial charge in [0.1, 0.15) is 6.61 Å². The zero-order valence-corrected chi connectivity index (χ0v) is 18.2. The molecule has 2 aromatic carbocycles. The third-order valence-corrected chi connectivity index (χ3v) is 6.44. The maximum Gasteiger partial charge on any atom is 0.420 e. The standard InChI is InChI=1S/C24H23F3N2O5/c1-22(24(25,26)27,20(32)28-23(10-11-23)12-19(30)31)29-21(33)34-13-18-16-8-4-2-6-14(16)15-7-3-5-9-17(15)18/h2-9,18H,10-13H2,1H3,(H,28,32)(H,29,33)(H,30,31). The van der Waals surface area contributed by atoms with Crippen LogP contribution in [0.2, 0.25) is 0 Å². The molecule has 7 nitrogen and oxygen atoms in total. The summed E-state index contributed by atoms with van der Waals surface area (Å²) in [6.45, 7) is 0.305. The van der Waals surface area contributed by atoms with E-state index < -0.39 is 41.6 Å². The van der Waals surface area contributed by atoms with Crippen LogP contribution in [0.4, 0.5) is 18.0 Å². The van der Waals surface area contributed by atoms with Gasteiger partial charge in [-0.25, -0.2) is 4.79 Å². The number of benzene rings is 2. The molecule has 0 saturated heterocycles. The minimum absolute atomic E-state index is 0.224. The van der Waals surface area contributed by atoms with E-state index in [0.29, 0.717) is 6.92 Å². The van der Waals surface area contributed by atoms with Gasteiger partial charge in [-0.2, -0.15) is 13.2 Å². The number of hydrogen-bond donors (Lipinski definition) is 3. The molecule has 2 aliphatic rings. The lowest BCUT2D eigenvalue weighted by Gasteiger charge is -2.33. The summed E-state index contributed by atoms with van der Waals surface area (Å²) in [4.78, 5) is 36.0. The number of ether oxygens (including phenoxy) is 1. The smallest absolute Gasteiger partial charge is 0.420 e. The van der Waals surface area contributed by atoms with Crippen molar-refractivity contribution < 1.29 is 37.4 Å². The number of hydrogen-bond acceptors (Lipinski definition) is 4. The summed E-state index contributed by atoms with van der Waals surface area (Å²) >= 11 is 0. The number of halogens is 3. The molecule has 2 amide bonds. The van der Waals surface area contributed by atoms with E-state index in [9.17, 15) is 27.6 Å². The molecule has 2 aliphatic carbocycles. The molecule has 3 N–H and O–H groups in total. The fourth-order valence-electron chi connectivity index (χ4n) is 4.25. The number of alkyl carbamates (subject to hydrolysis) is 1. The van der Waals surface area contributed by atoms with E-state index in [1.807, 2.05) is 48.5 Å². The van der Waals surface area contributed by atoms with Gasteiger partial charge >= 0.3 is 18.2 Å². The van der Waals surface area contributed by atoms with Crippen LogP contribution in [0.15, 0.2) is 48.5 Å². The Morgan fingerprint density at radius 3 is 2.03 bits per heavy atom. The van der Waals surface area contributed by atoms with Gasteiger partial charge in [0.15, 0.2) is 0 Å². The van der Waals surface area contributed by atoms with Gasteiger partial charge in [0.05, 0.1) is 12.0 Å². The predicted molar refractivity (Wildman–Crippen MR) is 115 cm³/mol. The van der Waals surface area contributed by atoms with Crippen molar-refractivity contribution >= 4 is 18.0 Å². The molecule has 1 fully saturated rings. The molecule has 1 unspecified atom stereocenters. The van der Waals surface area contributed by atoms with Crippen molar-refractivity contribution in [1.29, 1.82) is 0 Å². The largest absolute Gasteiger partial charge is 0.481 e. The van der Waals surface area contributed by atoms with Crippen LogP contribution in [0.5, 0.6) is 0 Å². The van der Waals surface area contributed by atoms with Crippen molar-refractivity contribution in [1.82, 2.24) is 10.6 Å². The van der Waals surface area contributed by atoms with Crippen molar-refractivity contribution in [3.63, 3.8) is 0 Å². The zero-order chi connectivity index (χ0) is 24.7. The second-order valence-corrected chi connectivity index (χ2v) is 8.88. The molecule has 0 aromatic heterocycles. The van der Waals surface area contributed by atoms with Gasteiger partial charge in [-0.1, -0.05) is 48.5 Å². The molecule has 1 saturated carbocycles. The Balaban J connectivity index is 1.47. The molecular formula is C24H23F3N2O5. The quantitative estimate of drug-likeness (QED) is 0.561. The minimum Gasteiger partial charge on any atom is -0.481 e. The molecule has 0 radical (unpaired) electrons. The van der Waals surface area contributed by atoms with E-state index in [-0.39, 0.29) is 25.4 Å².